The number of para-hydroxylation sites is 1. The van der Waals surface area contributed by atoms with Crippen molar-refractivity contribution >= 4 is 81.3 Å². The maximum Gasteiger partial charge on any atom is 0.136 e. The molecule has 55 heavy (non-hydrogen) atoms. The summed E-state index contributed by atoms with van der Waals surface area (Å²) < 4.78 is 8.81. The number of rotatable bonds is 6. The van der Waals surface area contributed by atoms with Crippen molar-refractivity contribution in [1.82, 2.24) is 0 Å². The summed E-state index contributed by atoms with van der Waals surface area (Å²) in [4.78, 5) is 2.40. The van der Waals surface area contributed by atoms with Crippen molar-refractivity contribution in [3.8, 4) is 33.4 Å². The molecule has 0 radical (unpaired) electrons. The summed E-state index contributed by atoms with van der Waals surface area (Å²) in [6, 6.07) is 72.2. The molecule has 0 aliphatic carbocycles. The zero-order valence-electron chi connectivity index (χ0n) is 29.8. The number of fused-ring (bicyclic) bond motifs is 7. The van der Waals surface area contributed by atoms with Crippen molar-refractivity contribution in [3.05, 3.63) is 200 Å². The Morgan fingerprint density at radius 3 is 1.76 bits per heavy atom. The van der Waals surface area contributed by atoms with E-state index < -0.39 is 0 Å². The lowest BCUT2D eigenvalue weighted by Crippen LogP contribution is -2.10. The third kappa shape index (κ3) is 5.40. The predicted octanol–water partition coefficient (Wildman–Crippen LogP) is 15.6. The van der Waals surface area contributed by atoms with Crippen LogP contribution in [0.4, 0.5) is 17.1 Å². The second-order valence-corrected chi connectivity index (χ2v) is 15.2. The molecule has 0 N–H and O–H groups in total. The van der Waals surface area contributed by atoms with E-state index in [1.54, 1.807) is 0 Å². The highest BCUT2D eigenvalue weighted by atomic mass is 32.1. The van der Waals surface area contributed by atoms with Crippen LogP contribution in [0.2, 0.25) is 0 Å². The Hall–Kier alpha value is -6.94. The van der Waals surface area contributed by atoms with Gasteiger partial charge >= 0.3 is 0 Å². The molecule has 0 bridgehead atoms. The van der Waals surface area contributed by atoms with Crippen LogP contribution in [0.25, 0.3) is 86.3 Å². The Kier molecular flexibility index (Phi) is 7.39. The number of thiophene rings is 1. The molecule has 3 heteroatoms. The Morgan fingerprint density at radius 2 is 0.945 bits per heavy atom. The molecular weight excluding hydrogens is 687 g/mol. The van der Waals surface area contributed by atoms with Crippen molar-refractivity contribution in [2.24, 2.45) is 0 Å². The average Bonchev–Trinajstić information content (AvgIpc) is 3.83. The lowest BCUT2D eigenvalue weighted by atomic mass is 9.95. The predicted molar refractivity (Wildman–Crippen MR) is 235 cm³/mol. The molecule has 258 valence electrons. The zero-order valence-corrected chi connectivity index (χ0v) is 30.6. The summed E-state index contributed by atoms with van der Waals surface area (Å²) in [5.41, 5.74) is 12.3. The number of anilines is 3. The maximum absolute atomic E-state index is 6.24. The van der Waals surface area contributed by atoms with Crippen LogP contribution in [0.15, 0.2) is 205 Å². The smallest absolute Gasteiger partial charge is 0.136 e. The van der Waals surface area contributed by atoms with Crippen molar-refractivity contribution in [2.45, 2.75) is 0 Å². The summed E-state index contributed by atoms with van der Waals surface area (Å²) in [6.07, 6.45) is 0. The summed E-state index contributed by atoms with van der Waals surface area (Å²) >= 11 is 1.86. The summed E-state index contributed by atoms with van der Waals surface area (Å²) in [7, 11) is 0. The molecule has 0 unspecified atom stereocenters. The normalized spacial score (nSPS) is 11.6. The molecule has 0 aliphatic heterocycles. The fourth-order valence-corrected chi connectivity index (χ4v) is 9.40. The van der Waals surface area contributed by atoms with E-state index in [2.05, 4.69) is 193 Å². The van der Waals surface area contributed by atoms with Gasteiger partial charge in [-0.1, -0.05) is 140 Å². The fourth-order valence-electron chi connectivity index (χ4n) is 8.19. The van der Waals surface area contributed by atoms with E-state index >= 15 is 0 Å². The van der Waals surface area contributed by atoms with Crippen molar-refractivity contribution in [2.75, 3.05) is 4.90 Å². The Morgan fingerprint density at radius 1 is 0.364 bits per heavy atom. The van der Waals surface area contributed by atoms with Gasteiger partial charge in [-0.2, -0.15) is 0 Å². The highest BCUT2D eigenvalue weighted by Gasteiger charge is 2.19. The van der Waals surface area contributed by atoms with Gasteiger partial charge in [-0.25, -0.2) is 0 Å². The summed E-state index contributed by atoms with van der Waals surface area (Å²) in [5.74, 6) is 0. The van der Waals surface area contributed by atoms with Gasteiger partial charge in [0.05, 0.1) is 10.4 Å². The molecule has 0 saturated heterocycles. The third-order valence-electron chi connectivity index (χ3n) is 10.9. The van der Waals surface area contributed by atoms with E-state index in [4.69, 9.17) is 4.42 Å². The molecule has 9 aromatic carbocycles. The number of benzene rings is 9. The van der Waals surface area contributed by atoms with E-state index in [0.29, 0.717) is 0 Å². The minimum absolute atomic E-state index is 0.906. The highest BCUT2D eigenvalue weighted by Crippen LogP contribution is 2.45. The van der Waals surface area contributed by atoms with Gasteiger partial charge in [0.2, 0.25) is 0 Å². The highest BCUT2D eigenvalue weighted by molar-refractivity contribution is 7.26. The maximum atomic E-state index is 6.24. The lowest BCUT2D eigenvalue weighted by molar-refractivity contribution is 0.669. The van der Waals surface area contributed by atoms with Gasteiger partial charge in [-0.05, 0) is 105 Å². The van der Waals surface area contributed by atoms with Gasteiger partial charge in [0, 0.05) is 37.6 Å². The van der Waals surface area contributed by atoms with Crippen LogP contribution in [0, 0.1) is 0 Å². The van der Waals surface area contributed by atoms with Gasteiger partial charge in [-0.3, -0.25) is 0 Å². The largest absolute Gasteiger partial charge is 0.456 e. The SMILES string of the molecule is c1cc(-c2ccc(N(c3ccc(-c4ccc5c(c4)oc4ccccc45)cc3)c3cccc4c3sc3ccccc34)cc2)cc(-c2cccc3ccccc23)c1. The lowest BCUT2D eigenvalue weighted by Gasteiger charge is -2.26. The van der Waals surface area contributed by atoms with Gasteiger partial charge in [0.15, 0.2) is 0 Å². The molecule has 0 aliphatic rings. The first-order valence-electron chi connectivity index (χ1n) is 18.7. The Balaban J connectivity index is 0.999. The van der Waals surface area contributed by atoms with Crippen molar-refractivity contribution in [3.63, 3.8) is 0 Å². The second kappa shape index (κ2) is 12.9. The molecule has 2 heterocycles. The summed E-state index contributed by atoms with van der Waals surface area (Å²) in [6.45, 7) is 0. The molecule has 0 spiro atoms. The van der Waals surface area contributed by atoms with Crippen molar-refractivity contribution in [1.29, 1.82) is 0 Å². The van der Waals surface area contributed by atoms with Crippen LogP contribution in [0.1, 0.15) is 0 Å². The summed E-state index contributed by atoms with van der Waals surface area (Å²) in [5, 5.41) is 7.38. The molecular formula is C52H33NOS. The minimum atomic E-state index is 0.906. The van der Waals surface area contributed by atoms with Crippen LogP contribution in [0.3, 0.4) is 0 Å². The minimum Gasteiger partial charge on any atom is -0.456 e. The molecule has 0 amide bonds. The quantitative estimate of drug-likeness (QED) is 0.170. The van der Waals surface area contributed by atoms with Crippen LogP contribution in [-0.2, 0) is 0 Å². The van der Waals surface area contributed by atoms with E-state index in [0.717, 1.165) is 44.4 Å². The van der Waals surface area contributed by atoms with E-state index in [1.807, 2.05) is 23.5 Å². The van der Waals surface area contributed by atoms with Gasteiger partial charge in [0.1, 0.15) is 11.2 Å². The number of furan rings is 1. The molecule has 0 fully saturated rings. The third-order valence-corrected chi connectivity index (χ3v) is 12.1. The molecule has 11 rings (SSSR count). The van der Waals surface area contributed by atoms with E-state index in [1.165, 1.54) is 58.9 Å². The van der Waals surface area contributed by atoms with E-state index in [-0.39, 0.29) is 0 Å². The van der Waals surface area contributed by atoms with Crippen molar-refractivity contribution < 1.29 is 4.42 Å². The topological polar surface area (TPSA) is 16.4 Å². The van der Waals surface area contributed by atoms with Crippen LogP contribution < -0.4 is 4.90 Å². The van der Waals surface area contributed by atoms with Crippen LogP contribution in [-0.4, -0.2) is 0 Å². The molecule has 2 nitrogen and oxygen atoms in total. The van der Waals surface area contributed by atoms with E-state index in [9.17, 15) is 0 Å². The van der Waals surface area contributed by atoms with Crippen LogP contribution in [0.5, 0.6) is 0 Å². The average molecular weight is 720 g/mol. The molecule has 11 aromatic rings. The standard InChI is InChI=1S/C52H33NOS/c1-2-14-42-36(10-1)11-8-17-43(42)39-13-7-12-37(32-39)34-22-27-40(28-23-34)53(48-19-9-18-47-46-16-4-6-21-51(46)55-52(47)48)41-29-24-35(25-30-41)38-26-31-45-44-15-3-5-20-49(44)54-50(45)33-38/h1-33H. The van der Waals surface area contributed by atoms with Gasteiger partial charge in [-0.15, -0.1) is 11.3 Å². The fraction of sp³-hybridized carbons (Fsp3) is 0. The number of hydrogen-bond donors (Lipinski definition) is 0. The second-order valence-electron chi connectivity index (χ2n) is 14.1. The van der Waals surface area contributed by atoms with Gasteiger partial charge < -0.3 is 9.32 Å². The zero-order chi connectivity index (χ0) is 36.3. The molecule has 2 aromatic heterocycles. The Labute approximate surface area is 322 Å². The first-order valence-corrected chi connectivity index (χ1v) is 19.5. The van der Waals surface area contributed by atoms with Gasteiger partial charge in [0.25, 0.3) is 0 Å². The number of nitrogens with zero attached hydrogens (tertiary/aromatic N) is 1. The monoisotopic (exact) mass is 719 g/mol. The first-order chi connectivity index (χ1) is 27.2. The van der Waals surface area contributed by atoms with Crippen LogP contribution >= 0.6 is 11.3 Å². The number of hydrogen-bond acceptors (Lipinski definition) is 3. The Bertz CT molecular complexity index is 3200. The molecule has 0 saturated carbocycles. The first kappa shape index (κ1) is 31.6. The molecule has 0 atom stereocenters.